The molecule has 3 heterocycles. The second kappa shape index (κ2) is 8.28. The zero-order valence-electron chi connectivity index (χ0n) is 17.5. The van der Waals surface area contributed by atoms with Crippen molar-refractivity contribution in [2.75, 3.05) is 38.4 Å². The molecule has 2 aromatic rings. The molecular formula is C20H20F4N3O6+. The maximum Gasteiger partial charge on any atom is 0.406 e. The number of benzene rings is 1. The number of hydrogen-bond donors (Lipinski definition) is 0. The molecule has 9 nitrogen and oxygen atoms in total. The maximum absolute atomic E-state index is 15.3. The lowest BCUT2D eigenvalue weighted by molar-refractivity contribution is -0.546. The molecule has 4 rings (SSSR count). The van der Waals surface area contributed by atoms with Crippen molar-refractivity contribution in [1.29, 1.82) is 0 Å². The van der Waals surface area contributed by atoms with E-state index in [0.29, 0.717) is 17.4 Å². The van der Waals surface area contributed by atoms with E-state index in [1.165, 1.54) is 0 Å². The smallest absolute Gasteiger partial charge is 0.406 e. The van der Waals surface area contributed by atoms with Crippen LogP contribution in [0.25, 0.3) is 10.9 Å². The van der Waals surface area contributed by atoms with Crippen molar-refractivity contribution in [2.45, 2.75) is 31.2 Å². The first-order chi connectivity index (χ1) is 15.6. The van der Waals surface area contributed by atoms with Crippen molar-refractivity contribution in [3.63, 3.8) is 0 Å². The number of pyridine rings is 1. The molecule has 2 fully saturated rings. The average Bonchev–Trinajstić information content (AvgIpc) is 3.10. The van der Waals surface area contributed by atoms with Crippen LogP contribution in [-0.4, -0.2) is 61.1 Å². The number of anilines is 1. The molecule has 0 radical (unpaired) electrons. The van der Waals surface area contributed by atoms with Crippen LogP contribution in [0.5, 0.6) is 11.5 Å². The van der Waals surface area contributed by atoms with Gasteiger partial charge in [0.05, 0.1) is 24.2 Å². The van der Waals surface area contributed by atoms with Gasteiger partial charge in [0.1, 0.15) is 17.8 Å². The second-order valence-electron chi connectivity index (χ2n) is 8.00. The molecule has 0 aliphatic carbocycles. The van der Waals surface area contributed by atoms with Gasteiger partial charge in [0.2, 0.25) is 12.0 Å². The fourth-order valence-electron chi connectivity index (χ4n) is 4.47. The van der Waals surface area contributed by atoms with E-state index in [-0.39, 0.29) is 49.8 Å². The first-order valence-corrected chi connectivity index (χ1v) is 9.99. The van der Waals surface area contributed by atoms with E-state index >= 15 is 4.39 Å². The predicted molar refractivity (Wildman–Crippen MR) is 106 cm³/mol. The Kier molecular flexibility index (Phi) is 5.76. The number of aromatic nitrogens is 1. The fraction of sp³-hybridized carbons (Fsp3) is 0.500. The molecule has 1 aromatic heterocycles. The van der Waals surface area contributed by atoms with E-state index in [1.54, 1.807) is 4.90 Å². The fourth-order valence-corrected chi connectivity index (χ4v) is 4.47. The summed E-state index contributed by atoms with van der Waals surface area (Å²) in [5, 5.41) is -0.425. The summed E-state index contributed by atoms with van der Waals surface area (Å²) in [7, 11) is 1.16. The third-order valence-electron chi connectivity index (χ3n) is 5.91. The minimum absolute atomic E-state index is 0.0530. The van der Waals surface area contributed by atoms with E-state index in [0.717, 1.165) is 24.1 Å². The lowest BCUT2D eigenvalue weighted by Gasteiger charge is -2.37. The van der Waals surface area contributed by atoms with Gasteiger partial charge in [0.25, 0.3) is 13.2 Å². The van der Waals surface area contributed by atoms with E-state index in [4.69, 9.17) is 9.47 Å². The molecule has 0 amide bonds. The van der Waals surface area contributed by atoms with Gasteiger partial charge in [-0.15, -0.1) is 0 Å². The first-order valence-electron chi connectivity index (χ1n) is 9.99. The summed E-state index contributed by atoms with van der Waals surface area (Å²) in [6.45, 7) is -0.993. The summed E-state index contributed by atoms with van der Waals surface area (Å²) in [6.07, 6.45) is -3.15. The Balaban J connectivity index is 1.84. The second-order valence-corrected chi connectivity index (χ2v) is 8.00. The summed E-state index contributed by atoms with van der Waals surface area (Å²) < 4.78 is 72.0. The number of carbonyl (C=O) groups is 1. The molecule has 0 atom stereocenters. The quantitative estimate of drug-likeness (QED) is 0.373. The average molecular weight is 474 g/mol. The predicted octanol–water partition coefficient (Wildman–Crippen LogP) is 2.35. The summed E-state index contributed by atoms with van der Waals surface area (Å²) in [4.78, 5) is 36.5. The number of hydrogen-bond acceptors (Lipinski definition) is 7. The Morgan fingerprint density at radius 2 is 2.00 bits per heavy atom. The highest BCUT2D eigenvalue weighted by atomic mass is 19.4. The Morgan fingerprint density at radius 3 is 2.55 bits per heavy atom. The Hall–Kier alpha value is -3.22. The lowest BCUT2D eigenvalue weighted by atomic mass is 9.91. The van der Waals surface area contributed by atoms with E-state index in [2.05, 4.69) is 4.74 Å². The highest BCUT2D eigenvalue weighted by Gasteiger charge is 2.48. The normalized spacial score (nSPS) is 18.2. The molecular weight excluding hydrogens is 454 g/mol. The molecule has 2 aliphatic rings. The number of fused-ring (bicyclic) bond motifs is 1. The van der Waals surface area contributed by atoms with Gasteiger partial charge < -0.3 is 23.7 Å². The molecule has 1 spiro atoms. The van der Waals surface area contributed by atoms with E-state index < -0.39 is 40.7 Å². The largest absolute Gasteiger partial charge is 0.492 e. The first kappa shape index (κ1) is 23.0. The van der Waals surface area contributed by atoms with Gasteiger partial charge in [-0.2, -0.15) is 13.2 Å². The highest BCUT2D eigenvalue weighted by molar-refractivity contribution is 5.92. The van der Waals surface area contributed by atoms with Gasteiger partial charge in [-0.25, -0.2) is 4.39 Å². The zero-order valence-corrected chi connectivity index (χ0v) is 17.5. The Morgan fingerprint density at radius 1 is 1.30 bits per heavy atom. The Bertz CT molecular complexity index is 1170. The van der Waals surface area contributed by atoms with Gasteiger partial charge in [-0.1, -0.05) is 0 Å². The van der Waals surface area contributed by atoms with E-state index in [9.17, 15) is 27.7 Å². The summed E-state index contributed by atoms with van der Waals surface area (Å²) >= 11 is 0. The van der Waals surface area contributed by atoms with Crippen LogP contribution in [-0.2, 0) is 16.1 Å². The van der Waals surface area contributed by atoms with Crippen molar-refractivity contribution < 1.29 is 41.3 Å². The molecule has 2 saturated heterocycles. The van der Waals surface area contributed by atoms with Gasteiger partial charge in [-0.3, -0.25) is 9.59 Å². The number of rotatable bonds is 5. The molecule has 2 aliphatic heterocycles. The lowest BCUT2D eigenvalue weighted by Crippen LogP contribution is -2.46. The van der Waals surface area contributed by atoms with Crippen LogP contribution >= 0.6 is 0 Å². The minimum Gasteiger partial charge on any atom is -0.492 e. The van der Waals surface area contributed by atoms with E-state index in [1.807, 2.05) is 0 Å². The van der Waals surface area contributed by atoms with Crippen LogP contribution in [0.15, 0.2) is 17.1 Å². The van der Waals surface area contributed by atoms with Crippen LogP contribution in [0.1, 0.15) is 12.8 Å². The topological polar surface area (TPSA) is 90.1 Å². The molecule has 0 unspecified atom stereocenters. The van der Waals surface area contributed by atoms with Crippen molar-refractivity contribution in [2.24, 2.45) is 0 Å². The summed E-state index contributed by atoms with van der Waals surface area (Å²) in [5.74, 6) is -1.80. The number of ether oxygens (including phenoxy) is 3. The molecule has 0 N–H and O–H groups in total. The molecule has 0 saturated carbocycles. The van der Waals surface area contributed by atoms with Crippen LogP contribution in [0.2, 0.25) is 0 Å². The number of halogens is 4. The van der Waals surface area contributed by atoms with Crippen LogP contribution in [0, 0.1) is 10.7 Å². The van der Waals surface area contributed by atoms with Crippen molar-refractivity contribution in [1.82, 2.24) is 4.57 Å². The van der Waals surface area contributed by atoms with Crippen molar-refractivity contribution >= 4 is 23.1 Å². The summed E-state index contributed by atoms with van der Waals surface area (Å²) in [6, 6.07) is 0.815. The molecule has 13 heteroatoms. The zero-order chi connectivity index (χ0) is 24.0. The number of nitroso groups, excluding NO2 is 1. The molecule has 33 heavy (non-hydrogen) atoms. The van der Waals surface area contributed by atoms with Crippen LogP contribution in [0.4, 0.5) is 23.2 Å². The minimum atomic E-state index is -4.69. The van der Waals surface area contributed by atoms with Crippen LogP contribution < -0.4 is 19.8 Å². The SMILES string of the molecule is COc1c(N2CCC3(CC2)C[N+](=O)CO3)c(F)cc2c(=O)c(OC=O)cn(CC(F)(F)F)c12. The standard InChI is InChI=1S/C20H20F4N3O6/c1-31-18-15-12(17(29)14(32-11-28)7-26(15)9-20(22,23)24)6-13(21)16(18)25-4-2-19(3-5-25)8-27(30)10-33-19/h6-7,11H,2-5,8-10H2,1H3/q+1. The van der Waals surface area contributed by atoms with Gasteiger partial charge in [0.15, 0.2) is 17.3 Å². The number of alkyl halides is 3. The number of carbonyl (C=O) groups excluding carboxylic acids is 1. The molecule has 178 valence electrons. The third kappa shape index (κ3) is 4.24. The molecule has 1 aromatic carbocycles. The van der Waals surface area contributed by atoms with Crippen LogP contribution in [0.3, 0.4) is 0 Å². The number of piperidine rings is 1. The monoisotopic (exact) mass is 474 g/mol. The van der Waals surface area contributed by atoms with Crippen molar-refractivity contribution in [3.8, 4) is 11.5 Å². The van der Waals surface area contributed by atoms with Gasteiger partial charge in [-0.05, 0) is 6.07 Å². The molecule has 0 bridgehead atoms. The number of methoxy groups -OCH3 is 1. The van der Waals surface area contributed by atoms with Gasteiger partial charge >= 0.3 is 6.18 Å². The van der Waals surface area contributed by atoms with Gasteiger partial charge in [0, 0.05) is 35.6 Å². The highest BCUT2D eigenvalue weighted by Crippen LogP contribution is 2.42. The summed E-state index contributed by atoms with van der Waals surface area (Å²) in [5.41, 5.74) is -1.99. The Labute approximate surface area is 184 Å². The number of nitrogens with zero attached hydrogens (tertiary/aromatic N) is 3. The third-order valence-corrected chi connectivity index (χ3v) is 5.91. The maximum atomic E-state index is 15.3. The van der Waals surface area contributed by atoms with Crippen molar-refractivity contribution in [3.05, 3.63) is 33.2 Å².